The van der Waals surface area contributed by atoms with E-state index < -0.39 is 0 Å². The number of carbonyl (C=O) groups is 1. The summed E-state index contributed by atoms with van der Waals surface area (Å²) in [6.45, 7) is 1.76. The summed E-state index contributed by atoms with van der Waals surface area (Å²) in [5.41, 5.74) is 5.96. The van der Waals surface area contributed by atoms with Gasteiger partial charge < -0.3 is 5.73 Å². The molecule has 0 bridgehead atoms. The van der Waals surface area contributed by atoms with Crippen molar-refractivity contribution in [2.45, 2.75) is 12.8 Å². The summed E-state index contributed by atoms with van der Waals surface area (Å²) in [6, 6.07) is 3.62. The van der Waals surface area contributed by atoms with E-state index in [-0.39, 0.29) is 11.8 Å². The second-order valence-electron chi connectivity index (χ2n) is 2.41. The number of hydrogen-bond acceptors (Lipinski definition) is 2. The SMILES string of the molecule is C[C@H](C(N)=O)c1cccnc1. The van der Waals surface area contributed by atoms with Gasteiger partial charge in [0.25, 0.3) is 0 Å². The van der Waals surface area contributed by atoms with Crippen LogP contribution in [0.4, 0.5) is 0 Å². The van der Waals surface area contributed by atoms with E-state index in [1.165, 1.54) is 0 Å². The summed E-state index contributed by atoms with van der Waals surface area (Å²) < 4.78 is 0. The van der Waals surface area contributed by atoms with Crippen LogP contribution in [0.5, 0.6) is 0 Å². The van der Waals surface area contributed by atoms with Gasteiger partial charge >= 0.3 is 0 Å². The number of nitrogens with two attached hydrogens (primary N) is 1. The molecular formula is C8H10N2O. The van der Waals surface area contributed by atoms with Gasteiger partial charge in [-0.3, -0.25) is 9.78 Å². The Morgan fingerprint density at radius 1 is 1.73 bits per heavy atom. The minimum absolute atomic E-state index is 0.247. The van der Waals surface area contributed by atoms with Crippen molar-refractivity contribution >= 4 is 5.91 Å². The Hall–Kier alpha value is -1.38. The first-order valence-electron chi connectivity index (χ1n) is 3.41. The van der Waals surface area contributed by atoms with E-state index in [0.717, 1.165) is 5.56 Å². The van der Waals surface area contributed by atoms with Crippen LogP contribution in [0.2, 0.25) is 0 Å². The number of rotatable bonds is 2. The highest BCUT2D eigenvalue weighted by molar-refractivity contribution is 5.81. The van der Waals surface area contributed by atoms with Gasteiger partial charge in [0.1, 0.15) is 0 Å². The lowest BCUT2D eigenvalue weighted by Gasteiger charge is -2.04. The van der Waals surface area contributed by atoms with Crippen molar-refractivity contribution in [1.82, 2.24) is 4.98 Å². The normalized spacial score (nSPS) is 12.5. The van der Waals surface area contributed by atoms with Gasteiger partial charge in [0, 0.05) is 12.4 Å². The quantitative estimate of drug-likeness (QED) is 0.673. The predicted molar refractivity (Wildman–Crippen MR) is 41.8 cm³/mol. The second-order valence-corrected chi connectivity index (χ2v) is 2.41. The third kappa shape index (κ3) is 1.77. The van der Waals surface area contributed by atoms with Crippen molar-refractivity contribution in [3.05, 3.63) is 30.1 Å². The molecule has 0 aliphatic rings. The van der Waals surface area contributed by atoms with E-state index in [2.05, 4.69) is 4.98 Å². The van der Waals surface area contributed by atoms with Crippen molar-refractivity contribution in [2.24, 2.45) is 5.73 Å². The molecule has 1 aromatic heterocycles. The molecule has 0 aliphatic carbocycles. The number of aromatic nitrogens is 1. The molecule has 0 spiro atoms. The monoisotopic (exact) mass is 150 g/mol. The molecule has 0 unspecified atom stereocenters. The van der Waals surface area contributed by atoms with Gasteiger partial charge in [0.2, 0.25) is 5.91 Å². The fourth-order valence-corrected chi connectivity index (χ4v) is 0.796. The lowest BCUT2D eigenvalue weighted by molar-refractivity contribution is -0.119. The molecule has 3 heteroatoms. The van der Waals surface area contributed by atoms with Crippen LogP contribution in [-0.4, -0.2) is 10.9 Å². The molecule has 0 radical (unpaired) electrons. The van der Waals surface area contributed by atoms with E-state index in [0.29, 0.717) is 0 Å². The van der Waals surface area contributed by atoms with Gasteiger partial charge in [-0.2, -0.15) is 0 Å². The summed E-state index contributed by atoms with van der Waals surface area (Å²) in [7, 11) is 0. The molecule has 58 valence electrons. The zero-order valence-electron chi connectivity index (χ0n) is 6.32. The summed E-state index contributed by atoms with van der Waals surface area (Å²) in [6.07, 6.45) is 3.31. The maximum atomic E-state index is 10.7. The number of nitrogens with zero attached hydrogens (tertiary/aromatic N) is 1. The van der Waals surface area contributed by atoms with Crippen molar-refractivity contribution < 1.29 is 4.79 Å². The summed E-state index contributed by atoms with van der Waals surface area (Å²) in [5.74, 6) is -0.568. The Morgan fingerprint density at radius 3 is 2.91 bits per heavy atom. The Morgan fingerprint density at radius 2 is 2.45 bits per heavy atom. The number of carbonyl (C=O) groups excluding carboxylic acids is 1. The van der Waals surface area contributed by atoms with E-state index in [9.17, 15) is 4.79 Å². The first kappa shape index (κ1) is 7.72. The topological polar surface area (TPSA) is 56.0 Å². The molecule has 1 aromatic rings. The van der Waals surface area contributed by atoms with E-state index in [1.54, 1.807) is 25.4 Å². The highest BCUT2D eigenvalue weighted by Crippen LogP contribution is 2.11. The molecule has 3 nitrogen and oxygen atoms in total. The molecule has 1 amide bonds. The van der Waals surface area contributed by atoms with Crippen LogP contribution in [-0.2, 0) is 4.79 Å². The number of pyridine rings is 1. The fraction of sp³-hybridized carbons (Fsp3) is 0.250. The second kappa shape index (κ2) is 3.14. The standard InChI is InChI=1S/C8H10N2O/c1-6(8(9)11)7-3-2-4-10-5-7/h2-6H,1H3,(H2,9,11)/t6-/m0/s1. The zero-order valence-corrected chi connectivity index (χ0v) is 6.32. The average molecular weight is 150 g/mol. The third-order valence-electron chi connectivity index (χ3n) is 1.61. The van der Waals surface area contributed by atoms with Gasteiger partial charge in [-0.15, -0.1) is 0 Å². The van der Waals surface area contributed by atoms with Gasteiger partial charge in [-0.25, -0.2) is 0 Å². The first-order chi connectivity index (χ1) is 5.22. The lowest BCUT2D eigenvalue weighted by atomic mass is 10.0. The van der Waals surface area contributed by atoms with E-state index in [4.69, 9.17) is 5.73 Å². The molecular weight excluding hydrogens is 140 g/mol. The van der Waals surface area contributed by atoms with Crippen molar-refractivity contribution in [1.29, 1.82) is 0 Å². The van der Waals surface area contributed by atoms with Crippen LogP contribution in [0.25, 0.3) is 0 Å². The Kier molecular flexibility index (Phi) is 2.21. The molecule has 1 atom stereocenters. The predicted octanol–water partition coefficient (Wildman–Crippen LogP) is 0.670. The number of hydrogen-bond donors (Lipinski definition) is 1. The van der Waals surface area contributed by atoms with Crippen LogP contribution in [0.15, 0.2) is 24.5 Å². The zero-order chi connectivity index (χ0) is 8.27. The van der Waals surface area contributed by atoms with Crippen molar-refractivity contribution in [3.63, 3.8) is 0 Å². The van der Waals surface area contributed by atoms with Crippen molar-refractivity contribution in [3.8, 4) is 0 Å². The molecule has 1 heterocycles. The van der Waals surface area contributed by atoms with Crippen LogP contribution < -0.4 is 5.73 Å². The first-order valence-corrected chi connectivity index (χ1v) is 3.41. The van der Waals surface area contributed by atoms with Crippen LogP contribution in [0.1, 0.15) is 18.4 Å². The van der Waals surface area contributed by atoms with Gasteiger partial charge in [0.15, 0.2) is 0 Å². The minimum Gasteiger partial charge on any atom is -0.369 e. The summed E-state index contributed by atoms with van der Waals surface area (Å²) >= 11 is 0. The Bertz CT molecular complexity index is 246. The van der Waals surface area contributed by atoms with E-state index in [1.807, 2.05) is 6.07 Å². The molecule has 0 fully saturated rings. The lowest BCUT2D eigenvalue weighted by Crippen LogP contribution is -2.18. The molecule has 2 N–H and O–H groups in total. The van der Waals surface area contributed by atoms with E-state index >= 15 is 0 Å². The maximum absolute atomic E-state index is 10.7. The fourth-order valence-electron chi connectivity index (χ4n) is 0.796. The molecule has 0 aliphatic heterocycles. The Labute approximate surface area is 65.2 Å². The highest BCUT2D eigenvalue weighted by Gasteiger charge is 2.09. The van der Waals surface area contributed by atoms with Crippen LogP contribution in [0, 0.1) is 0 Å². The molecule has 0 aromatic carbocycles. The molecule has 1 rings (SSSR count). The third-order valence-corrected chi connectivity index (χ3v) is 1.61. The maximum Gasteiger partial charge on any atom is 0.224 e. The summed E-state index contributed by atoms with van der Waals surface area (Å²) in [4.78, 5) is 14.6. The van der Waals surface area contributed by atoms with Crippen LogP contribution >= 0.6 is 0 Å². The number of amides is 1. The largest absolute Gasteiger partial charge is 0.369 e. The van der Waals surface area contributed by atoms with Crippen LogP contribution in [0.3, 0.4) is 0 Å². The smallest absolute Gasteiger partial charge is 0.224 e. The molecule has 0 saturated carbocycles. The van der Waals surface area contributed by atoms with Gasteiger partial charge in [0.05, 0.1) is 5.92 Å². The average Bonchev–Trinajstić information content (AvgIpc) is 2.05. The Balaban J connectivity index is 2.85. The highest BCUT2D eigenvalue weighted by atomic mass is 16.1. The van der Waals surface area contributed by atoms with Crippen molar-refractivity contribution in [2.75, 3.05) is 0 Å². The minimum atomic E-state index is -0.321. The van der Waals surface area contributed by atoms with Gasteiger partial charge in [-0.05, 0) is 18.6 Å². The number of primary amides is 1. The molecule has 11 heavy (non-hydrogen) atoms. The van der Waals surface area contributed by atoms with Gasteiger partial charge in [-0.1, -0.05) is 6.07 Å². The molecule has 0 saturated heterocycles. The summed E-state index contributed by atoms with van der Waals surface area (Å²) in [5, 5.41) is 0.